The largest absolute Gasteiger partial charge is 0.305 e. The van der Waals surface area contributed by atoms with Gasteiger partial charge >= 0.3 is 0 Å². The Hall–Kier alpha value is -3.19. The number of aryl methyl sites for hydroxylation is 1. The predicted molar refractivity (Wildman–Crippen MR) is 137 cm³/mol. The number of thiazole rings is 2. The van der Waals surface area contributed by atoms with Crippen molar-refractivity contribution in [2.75, 3.05) is 16.8 Å². The molecule has 0 aliphatic rings. The van der Waals surface area contributed by atoms with Crippen molar-refractivity contribution < 1.29 is 9.59 Å². The smallest absolute Gasteiger partial charge is 0.258 e. The number of nitrogens with zero attached hydrogens (tertiary/aromatic N) is 3. The van der Waals surface area contributed by atoms with Crippen LogP contribution in [-0.4, -0.2) is 32.9 Å². The zero-order chi connectivity index (χ0) is 23.2. The van der Waals surface area contributed by atoms with Gasteiger partial charge in [0, 0.05) is 10.9 Å². The molecule has 0 radical (unpaired) electrons. The van der Waals surface area contributed by atoms with Crippen LogP contribution in [0.2, 0.25) is 0 Å². The van der Waals surface area contributed by atoms with Gasteiger partial charge in [0.2, 0.25) is 5.91 Å². The molecule has 4 rings (SSSR count). The Bertz CT molecular complexity index is 1410. The maximum absolute atomic E-state index is 12.4. The lowest BCUT2D eigenvalue weighted by Crippen LogP contribution is -2.18. The molecule has 2 heterocycles. The predicted octanol–water partition coefficient (Wildman–Crippen LogP) is 4.57. The van der Waals surface area contributed by atoms with Crippen LogP contribution < -0.4 is 10.1 Å². The Morgan fingerprint density at radius 1 is 1.21 bits per heavy atom. The average molecular weight is 493 g/mol. The first-order chi connectivity index (χ1) is 16.0. The monoisotopic (exact) mass is 492 g/mol. The molecule has 0 spiro atoms. The van der Waals surface area contributed by atoms with Gasteiger partial charge in [-0.2, -0.15) is 4.99 Å². The second-order valence-corrected chi connectivity index (χ2v) is 9.95. The second kappa shape index (κ2) is 10.6. The highest BCUT2D eigenvalue weighted by atomic mass is 32.2. The molecule has 0 saturated carbocycles. The summed E-state index contributed by atoms with van der Waals surface area (Å²) in [5.41, 5.74) is 3.90. The van der Waals surface area contributed by atoms with Crippen molar-refractivity contribution >= 4 is 61.6 Å². The van der Waals surface area contributed by atoms with E-state index >= 15 is 0 Å². The SMILES string of the molecule is C#CCn1c(=NC(=O)CSCC(=O)Nc2nc(-c3ccccc3)cs2)sc2cc(C)ccc21. The van der Waals surface area contributed by atoms with Gasteiger partial charge in [0.05, 0.1) is 34.0 Å². The summed E-state index contributed by atoms with van der Waals surface area (Å²) in [4.78, 5) is 33.9. The number of anilines is 1. The molecule has 166 valence electrons. The fourth-order valence-corrected chi connectivity index (χ4v) is 5.59. The number of amides is 2. The molecule has 2 aromatic heterocycles. The molecule has 0 fully saturated rings. The van der Waals surface area contributed by atoms with E-state index in [0.29, 0.717) is 16.5 Å². The van der Waals surface area contributed by atoms with Crippen LogP contribution in [-0.2, 0) is 16.1 Å². The molecular weight excluding hydrogens is 472 g/mol. The van der Waals surface area contributed by atoms with Crippen molar-refractivity contribution in [1.29, 1.82) is 0 Å². The summed E-state index contributed by atoms with van der Waals surface area (Å²) in [6.07, 6.45) is 5.51. The quantitative estimate of drug-likeness (QED) is 0.384. The molecule has 0 atom stereocenters. The topological polar surface area (TPSA) is 76.3 Å². The van der Waals surface area contributed by atoms with E-state index in [-0.39, 0.29) is 23.3 Å². The van der Waals surface area contributed by atoms with Crippen LogP contribution in [0.15, 0.2) is 58.9 Å². The minimum atomic E-state index is -0.303. The van der Waals surface area contributed by atoms with E-state index in [9.17, 15) is 9.59 Å². The lowest BCUT2D eigenvalue weighted by molar-refractivity contribution is -0.115. The number of hydrogen-bond donors (Lipinski definition) is 1. The first kappa shape index (κ1) is 23.0. The molecule has 33 heavy (non-hydrogen) atoms. The molecule has 9 heteroatoms. The van der Waals surface area contributed by atoms with Crippen LogP contribution in [0.4, 0.5) is 5.13 Å². The van der Waals surface area contributed by atoms with Crippen LogP contribution in [0.3, 0.4) is 0 Å². The zero-order valence-electron chi connectivity index (χ0n) is 17.8. The molecular formula is C24H20N4O2S3. The third kappa shape index (κ3) is 5.79. The number of carbonyl (C=O) groups is 2. The van der Waals surface area contributed by atoms with Crippen molar-refractivity contribution in [2.45, 2.75) is 13.5 Å². The van der Waals surface area contributed by atoms with Crippen molar-refractivity contribution in [1.82, 2.24) is 9.55 Å². The lowest BCUT2D eigenvalue weighted by Gasteiger charge is -2.01. The standard InChI is InChI=1S/C24H20N4O2S3/c1-3-11-28-19-10-9-16(2)12-20(19)33-24(28)27-22(30)15-31-14-21(29)26-23-25-18(13-32-23)17-7-5-4-6-8-17/h1,4-10,12-13H,11,14-15H2,2H3,(H,25,26,29). The molecule has 1 N–H and O–H groups in total. The summed E-state index contributed by atoms with van der Waals surface area (Å²) in [7, 11) is 0. The number of carbonyl (C=O) groups excluding carboxylic acids is 2. The summed E-state index contributed by atoms with van der Waals surface area (Å²) in [5, 5.41) is 5.22. The van der Waals surface area contributed by atoms with E-state index in [4.69, 9.17) is 6.42 Å². The Labute approximate surface area is 203 Å². The summed E-state index contributed by atoms with van der Waals surface area (Å²) in [6, 6.07) is 15.8. The fraction of sp³-hybridized carbons (Fsp3) is 0.167. The van der Waals surface area contributed by atoms with Crippen molar-refractivity contribution in [3.8, 4) is 23.6 Å². The summed E-state index contributed by atoms with van der Waals surface area (Å²) in [5.74, 6) is 2.35. The van der Waals surface area contributed by atoms with Gasteiger partial charge in [0.25, 0.3) is 5.91 Å². The number of thioether (sulfide) groups is 1. The highest BCUT2D eigenvalue weighted by molar-refractivity contribution is 8.00. The first-order valence-electron chi connectivity index (χ1n) is 10.0. The van der Waals surface area contributed by atoms with Gasteiger partial charge in [-0.15, -0.1) is 29.5 Å². The van der Waals surface area contributed by atoms with Crippen molar-refractivity contribution in [2.24, 2.45) is 4.99 Å². The highest BCUT2D eigenvalue weighted by Gasteiger charge is 2.11. The molecule has 0 aliphatic carbocycles. The maximum Gasteiger partial charge on any atom is 0.258 e. The van der Waals surface area contributed by atoms with E-state index in [0.717, 1.165) is 27.0 Å². The first-order valence-corrected chi connectivity index (χ1v) is 12.9. The van der Waals surface area contributed by atoms with E-state index in [1.54, 1.807) is 0 Å². The minimum absolute atomic E-state index is 0.101. The van der Waals surface area contributed by atoms with E-state index in [2.05, 4.69) is 27.3 Å². The van der Waals surface area contributed by atoms with Gasteiger partial charge in [0.1, 0.15) is 0 Å². The van der Waals surface area contributed by atoms with Crippen LogP contribution in [0.25, 0.3) is 21.5 Å². The Balaban J connectivity index is 1.35. The average Bonchev–Trinajstić information content (AvgIpc) is 3.39. The number of aromatic nitrogens is 2. The van der Waals surface area contributed by atoms with Crippen LogP contribution in [0.5, 0.6) is 0 Å². The molecule has 4 aromatic rings. The Kier molecular flexibility index (Phi) is 7.40. The second-order valence-electron chi connectivity index (χ2n) is 7.10. The zero-order valence-corrected chi connectivity index (χ0v) is 20.2. The van der Waals surface area contributed by atoms with Gasteiger partial charge in [-0.3, -0.25) is 9.59 Å². The van der Waals surface area contributed by atoms with Gasteiger partial charge in [0.15, 0.2) is 9.93 Å². The number of benzene rings is 2. The minimum Gasteiger partial charge on any atom is -0.305 e. The highest BCUT2D eigenvalue weighted by Crippen LogP contribution is 2.24. The molecule has 0 aliphatic heterocycles. The molecule has 2 aromatic carbocycles. The van der Waals surface area contributed by atoms with Gasteiger partial charge in [-0.25, -0.2) is 4.98 Å². The van der Waals surface area contributed by atoms with Crippen molar-refractivity contribution in [3.05, 3.63) is 64.3 Å². The Morgan fingerprint density at radius 3 is 2.82 bits per heavy atom. The fourth-order valence-electron chi connectivity index (χ4n) is 3.11. The number of nitrogens with one attached hydrogen (secondary N) is 1. The number of fused-ring (bicyclic) bond motifs is 1. The molecule has 0 unspecified atom stereocenters. The third-order valence-electron chi connectivity index (χ3n) is 4.59. The van der Waals surface area contributed by atoms with Crippen LogP contribution in [0, 0.1) is 19.3 Å². The van der Waals surface area contributed by atoms with Gasteiger partial charge in [-0.05, 0) is 24.6 Å². The third-order valence-corrected chi connectivity index (χ3v) is 7.30. The van der Waals surface area contributed by atoms with Gasteiger partial charge in [-0.1, -0.05) is 53.7 Å². The normalized spacial score (nSPS) is 11.5. The van der Waals surface area contributed by atoms with Gasteiger partial charge < -0.3 is 9.88 Å². The number of rotatable bonds is 7. The molecule has 6 nitrogen and oxygen atoms in total. The molecule has 0 bridgehead atoms. The molecule has 2 amide bonds. The summed E-state index contributed by atoms with van der Waals surface area (Å²) < 4.78 is 2.89. The van der Waals surface area contributed by atoms with E-state index in [1.165, 1.54) is 34.4 Å². The Morgan fingerprint density at radius 2 is 2.03 bits per heavy atom. The lowest BCUT2D eigenvalue weighted by atomic mass is 10.2. The van der Waals surface area contributed by atoms with E-state index in [1.807, 2.05) is 59.3 Å². The summed E-state index contributed by atoms with van der Waals surface area (Å²) >= 11 is 4.02. The van der Waals surface area contributed by atoms with Crippen molar-refractivity contribution in [3.63, 3.8) is 0 Å². The van der Waals surface area contributed by atoms with E-state index < -0.39 is 0 Å². The van der Waals surface area contributed by atoms with Crippen LogP contribution in [0.1, 0.15) is 5.56 Å². The number of terminal acetylenes is 1. The van der Waals surface area contributed by atoms with Crippen LogP contribution >= 0.6 is 34.4 Å². The summed E-state index contributed by atoms with van der Waals surface area (Å²) in [6.45, 7) is 2.35. The maximum atomic E-state index is 12.4. The molecule has 0 saturated heterocycles. The number of hydrogen-bond acceptors (Lipinski definition) is 6.